The molecular formula is C17H23F3N2O. The number of aryl methyl sites for hydroxylation is 1. The second-order valence-electron chi connectivity index (χ2n) is 6.46. The van der Waals surface area contributed by atoms with Gasteiger partial charge in [0.25, 0.3) is 0 Å². The van der Waals surface area contributed by atoms with Crippen LogP contribution in [0.4, 0.5) is 13.2 Å². The van der Waals surface area contributed by atoms with Crippen LogP contribution in [0.25, 0.3) is 0 Å². The van der Waals surface area contributed by atoms with Crippen LogP contribution in [0.5, 0.6) is 0 Å². The Morgan fingerprint density at radius 2 is 2.09 bits per heavy atom. The maximum absolute atomic E-state index is 12.7. The fourth-order valence-corrected chi connectivity index (χ4v) is 3.11. The average molecular weight is 328 g/mol. The third kappa shape index (κ3) is 4.70. The zero-order chi connectivity index (χ0) is 17.2. The summed E-state index contributed by atoms with van der Waals surface area (Å²) in [5.74, 6) is 0.535. The van der Waals surface area contributed by atoms with Gasteiger partial charge in [0.05, 0.1) is 5.56 Å². The zero-order valence-electron chi connectivity index (χ0n) is 13.8. The van der Waals surface area contributed by atoms with Crippen LogP contribution in [-0.2, 0) is 17.5 Å². The first kappa shape index (κ1) is 17.8. The summed E-state index contributed by atoms with van der Waals surface area (Å²) in [7, 11) is 1.97. The predicted molar refractivity (Wildman–Crippen MR) is 82.9 cm³/mol. The van der Waals surface area contributed by atoms with Crippen molar-refractivity contribution in [1.29, 1.82) is 0 Å². The van der Waals surface area contributed by atoms with E-state index in [0.717, 1.165) is 37.7 Å². The lowest BCUT2D eigenvalue weighted by molar-refractivity contribution is -0.137. The zero-order valence-corrected chi connectivity index (χ0v) is 13.8. The Morgan fingerprint density at radius 1 is 1.39 bits per heavy atom. The number of halogens is 3. The minimum atomic E-state index is -4.30. The van der Waals surface area contributed by atoms with Gasteiger partial charge in [0.2, 0.25) is 5.91 Å². The third-order valence-corrected chi connectivity index (χ3v) is 4.41. The summed E-state index contributed by atoms with van der Waals surface area (Å²) in [5, 5.41) is 0. The first-order valence-corrected chi connectivity index (χ1v) is 7.77. The first-order valence-electron chi connectivity index (χ1n) is 7.77. The van der Waals surface area contributed by atoms with Crippen molar-refractivity contribution in [2.75, 3.05) is 26.7 Å². The van der Waals surface area contributed by atoms with Gasteiger partial charge in [-0.15, -0.1) is 0 Å². The molecule has 1 amide bonds. The van der Waals surface area contributed by atoms with Crippen LogP contribution in [0, 0.1) is 12.8 Å². The molecule has 23 heavy (non-hydrogen) atoms. The van der Waals surface area contributed by atoms with Gasteiger partial charge in [0, 0.05) is 33.1 Å². The Hall–Kier alpha value is -1.56. The summed E-state index contributed by atoms with van der Waals surface area (Å²) in [4.78, 5) is 15.3. The summed E-state index contributed by atoms with van der Waals surface area (Å²) < 4.78 is 38.1. The highest BCUT2D eigenvalue weighted by atomic mass is 19.4. The SMILES string of the molecule is CC(=O)N1CC[C@@H](CN(C)Cc2ccc(C(F)(F)F)cc2C)C1. The molecule has 1 aromatic rings. The molecule has 1 atom stereocenters. The molecule has 0 radical (unpaired) electrons. The molecule has 0 spiro atoms. The number of nitrogens with zero attached hydrogens (tertiary/aromatic N) is 2. The van der Waals surface area contributed by atoms with Crippen molar-refractivity contribution in [1.82, 2.24) is 9.80 Å². The van der Waals surface area contributed by atoms with Crippen LogP contribution in [0.2, 0.25) is 0 Å². The molecule has 1 fully saturated rings. The Balaban J connectivity index is 1.93. The van der Waals surface area contributed by atoms with Gasteiger partial charge >= 0.3 is 6.18 Å². The number of benzene rings is 1. The molecule has 1 heterocycles. The van der Waals surface area contributed by atoms with Gasteiger partial charge in [0.1, 0.15) is 0 Å². The Morgan fingerprint density at radius 3 is 2.61 bits per heavy atom. The lowest BCUT2D eigenvalue weighted by atomic mass is 10.0. The lowest BCUT2D eigenvalue weighted by Crippen LogP contribution is -2.30. The number of carbonyl (C=O) groups excluding carboxylic acids is 1. The average Bonchev–Trinajstić information content (AvgIpc) is 2.88. The van der Waals surface area contributed by atoms with Crippen molar-refractivity contribution in [3.05, 3.63) is 34.9 Å². The summed E-state index contributed by atoms with van der Waals surface area (Å²) in [6, 6.07) is 3.91. The fourth-order valence-electron chi connectivity index (χ4n) is 3.11. The van der Waals surface area contributed by atoms with Crippen molar-refractivity contribution in [3.8, 4) is 0 Å². The number of alkyl halides is 3. The van der Waals surface area contributed by atoms with E-state index in [-0.39, 0.29) is 5.91 Å². The molecule has 1 aliphatic rings. The minimum absolute atomic E-state index is 0.105. The molecular weight excluding hydrogens is 305 g/mol. The molecule has 1 saturated heterocycles. The number of likely N-dealkylation sites (tertiary alicyclic amines) is 1. The lowest BCUT2D eigenvalue weighted by Gasteiger charge is -2.22. The van der Waals surface area contributed by atoms with Crippen LogP contribution in [0.15, 0.2) is 18.2 Å². The number of amides is 1. The molecule has 0 aromatic heterocycles. The molecule has 0 aliphatic carbocycles. The topological polar surface area (TPSA) is 23.6 Å². The highest BCUT2D eigenvalue weighted by Gasteiger charge is 2.30. The van der Waals surface area contributed by atoms with Crippen molar-refractivity contribution >= 4 is 5.91 Å². The van der Waals surface area contributed by atoms with Gasteiger partial charge in [-0.1, -0.05) is 6.07 Å². The number of hydrogen-bond donors (Lipinski definition) is 0. The third-order valence-electron chi connectivity index (χ3n) is 4.41. The second-order valence-corrected chi connectivity index (χ2v) is 6.46. The largest absolute Gasteiger partial charge is 0.416 e. The van der Waals surface area contributed by atoms with Gasteiger partial charge in [-0.25, -0.2) is 0 Å². The van der Waals surface area contributed by atoms with Crippen LogP contribution >= 0.6 is 0 Å². The molecule has 0 N–H and O–H groups in total. The molecule has 0 bridgehead atoms. The van der Waals surface area contributed by atoms with Crippen LogP contribution in [-0.4, -0.2) is 42.4 Å². The van der Waals surface area contributed by atoms with Crippen molar-refractivity contribution in [3.63, 3.8) is 0 Å². The van der Waals surface area contributed by atoms with Gasteiger partial charge < -0.3 is 9.80 Å². The number of rotatable bonds is 4. The number of hydrogen-bond acceptors (Lipinski definition) is 2. The highest BCUT2D eigenvalue weighted by Crippen LogP contribution is 2.30. The summed E-state index contributed by atoms with van der Waals surface area (Å²) >= 11 is 0. The van der Waals surface area contributed by atoms with E-state index in [2.05, 4.69) is 4.90 Å². The van der Waals surface area contributed by atoms with E-state index < -0.39 is 11.7 Å². The fraction of sp³-hybridized carbons (Fsp3) is 0.588. The van der Waals surface area contributed by atoms with Gasteiger partial charge in [-0.05, 0) is 49.6 Å². The molecule has 128 valence electrons. The van der Waals surface area contributed by atoms with E-state index in [1.807, 2.05) is 11.9 Å². The van der Waals surface area contributed by atoms with E-state index in [1.165, 1.54) is 6.07 Å². The standard InChI is InChI=1S/C17H23F3N2O/c1-12-8-16(17(18,19)20)5-4-15(12)11-21(3)9-14-6-7-22(10-14)13(2)23/h4-5,8,14H,6-7,9-11H2,1-3H3/t14-/m0/s1. The van der Waals surface area contributed by atoms with Crippen molar-refractivity contribution in [2.24, 2.45) is 5.92 Å². The normalized spacial score (nSPS) is 18.7. The van der Waals surface area contributed by atoms with E-state index in [0.29, 0.717) is 18.0 Å². The van der Waals surface area contributed by atoms with Crippen LogP contribution in [0.1, 0.15) is 30.0 Å². The molecule has 6 heteroatoms. The Labute approximate surface area is 135 Å². The first-order chi connectivity index (χ1) is 10.7. The molecule has 1 aromatic carbocycles. The Bertz CT molecular complexity index is 571. The summed E-state index contributed by atoms with van der Waals surface area (Å²) in [6.07, 6.45) is -3.31. The quantitative estimate of drug-likeness (QED) is 0.846. The van der Waals surface area contributed by atoms with E-state index in [1.54, 1.807) is 19.9 Å². The van der Waals surface area contributed by atoms with Crippen LogP contribution < -0.4 is 0 Å². The molecule has 2 rings (SSSR count). The second kappa shape index (κ2) is 6.91. The number of carbonyl (C=O) groups is 1. The monoisotopic (exact) mass is 328 g/mol. The highest BCUT2D eigenvalue weighted by molar-refractivity contribution is 5.73. The molecule has 0 unspecified atom stereocenters. The van der Waals surface area contributed by atoms with Gasteiger partial charge in [0.15, 0.2) is 0 Å². The van der Waals surface area contributed by atoms with Crippen molar-refractivity contribution in [2.45, 2.75) is 33.0 Å². The van der Waals surface area contributed by atoms with Crippen LogP contribution in [0.3, 0.4) is 0 Å². The summed E-state index contributed by atoms with van der Waals surface area (Å²) in [5.41, 5.74) is 0.958. The summed E-state index contributed by atoms with van der Waals surface area (Å²) in [6.45, 7) is 6.31. The molecule has 1 aliphatic heterocycles. The maximum atomic E-state index is 12.7. The predicted octanol–water partition coefficient (Wildman–Crippen LogP) is 3.31. The van der Waals surface area contributed by atoms with E-state index in [4.69, 9.17) is 0 Å². The smallest absolute Gasteiger partial charge is 0.343 e. The molecule has 0 saturated carbocycles. The maximum Gasteiger partial charge on any atom is 0.416 e. The molecule has 3 nitrogen and oxygen atoms in total. The minimum Gasteiger partial charge on any atom is -0.343 e. The van der Waals surface area contributed by atoms with E-state index in [9.17, 15) is 18.0 Å². The Kier molecular flexibility index (Phi) is 5.34. The van der Waals surface area contributed by atoms with Gasteiger partial charge in [-0.3, -0.25) is 4.79 Å². The van der Waals surface area contributed by atoms with Gasteiger partial charge in [-0.2, -0.15) is 13.2 Å². The van der Waals surface area contributed by atoms with Crippen molar-refractivity contribution < 1.29 is 18.0 Å². The van der Waals surface area contributed by atoms with E-state index >= 15 is 0 Å².